The standard InChI is InChI=1S/C18H18N4O4/c23-14(24)9-18(7-3-4-8-18)21-17(26)12-10-19-22-13-6-2-1-5-11(13)16(25)20-15(12)22/h1-2,5-6,10H,3-4,7-9H2,(H,20,25)(H,21,26)(H,23,24). The molecule has 4 rings (SSSR count). The van der Waals surface area contributed by atoms with Crippen molar-refractivity contribution in [2.75, 3.05) is 0 Å². The molecule has 8 nitrogen and oxygen atoms in total. The van der Waals surface area contributed by atoms with Crippen LogP contribution in [0.5, 0.6) is 0 Å². The van der Waals surface area contributed by atoms with Crippen LogP contribution < -0.4 is 10.9 Å². The van der Waals surface area contributed by atoms with Gasteiger partial charge in [0.05, 0.1) is 29.1 Å². The minimum atomic E-state index is -0.938. The van der Waals surface area contributed by atoms with Crippen molar-refractivity contribution in [2.24, 2.45) is 0 Å². The number of nitrogens with zero attached hydrogens (tertiary/aromatic N) is 2. The van der Waals surface area contributed by atoms with Crippen LogP contribution in [0.1, 0.15) is 42.5 Å². The van der Waals surface area contributed by atoms with Crippen LogP contribution in [0.25, 0.3) is 16.6 Å². The molecule has 3 N–H and O–H groups in total. The number of hydrogen-bond acceptors (Lipinski definition) is 4. The monoisotopic (exact) mass is 354 g/mol. The predicted octanol–water partition coefficient (Wildman–Crippen LogP) is 1.69. The highest BCUT2D eigenvalue weighted by Crippen LogP contribution is 2.33. The Balaban J connectivity index is 1.76. The second kappa shape index (κ2) is 5.98. The molecule has 0 bridgehead atoms. The van der Waals surface area contributed by atoms with Crippen LogP contribution in [0, 0.1) is 0 Å². The zero-order chi connectivity index (χ0) is 18.3. The molecule has 1 saturated carbocycles. The van der Waals surface area contributed by atoms with Crippen LogP contribution in [-0.2, 0) is 4.79 Å². The number of nitrogens with one attached hydrogen (secondary N) is 2. The van der Waals surface area contributed by atoms with Crippen molar-refractivity contribution in [1.29, 1.82) is 0 Å². The van der Waals surface area contributed by atoms with Crippen LogP contribution >= 0.6 is 0 Å². The summed E-state index contributed by atoms with van der Waals surface area (Å²) in [5.74, 6) is -1.36. The van der Waals surface area contributed by atoms with E-state index in [9.17, 15) is 19.5 Å². The normalized spacial score (nSPS) is 16.2. The second-order valence-corrected chi connectivity index (χ2v) is 6.80. The molecule has 3 aromatic rings. The smallest absolute Gasteiger partial charge is 0.305 e. The number of aromatic nitrogens is 3. The van der Waals surface area contributed by atoms with Gasteiger partial charge in [-0.05, 0) is 25.0 Å². The summed E-state index contributed by atoms with van der Waals surface area (Å²) in [4.78, 5) is 39.1. The molecular weight excluding hydrogens is 336 g/mol. The molecule has 0 unspecified atom stereocenters. The first kappa shape index (κ1) is 16.3. The lowest BCUT2D eigenvalue weighted by atomic mass is 9.93. The molecule has 8 heteroatoms. The number of amides is 1. The summed E-state index contributed by atoms with van der Waals surface area (Å²) in [6.07, 6.45) is 4.30. The maximum atomic E-state index is 12.8. The van der Waals surface area contributed by atoms with Crippen LogP contribution in [0.4, 0.5) is 0 Å². The quantitative estimate of drug-likeness (QED) is 0.659. The number of fused-ring (bicyclic) bond motifs is 3. The minimum Gasteiger partial charge on any atom is -0.481 e. The molecule has 0 aliphatic heterocycles. The summed E-state index contributed by atoms with van der Waals surface area (Å²) in [7, 11) is 0. The van der Waals surface area contributed by atoms with E-state index in [4.69, 9.17) is 0 Å². The van der Waals surface area contributed by atoms with E-state index in [0.29, 0.717) is 29.4 Å². The van der Waals surface area contributed by atoms with Gasteiger partial charge in [-0.1, -0.05) is 25.0 Å². The molecule has 2 heterocycles. The first-order valence-corrected chi connectivity index (χ1v) is 8.52. The Morgan fingerprint density at radius 2 is 2.00 bits per heavy atom. The molecule has 26 heavy (non-hydrogen) atoms. The van der Waals surface area contributed by atoms with E-state index in [2.05, 4.69) is 15.4 Å². The number of hydrogen-bond donors (Lipinski definition) is 3. The van der Waals surface area contributed by atoms with Gasteiger partial charge in [0.15, 0.2) is 0 Å². The molecule has 1 amide bonds. The van der Waals surface area contributed by atoms with Crippen LogP contribution in [0.3, 0.4) is 0 Å². The molecule has 0 saturated heterocycles. The minimum absolute atomic E-state index is 0.114. The number of carboxylic acid groups (broad SMARTS) is 1. The van der Waals surface area contributed by atoms with E-state index in [-0.39, 0.29) is 17.5 Å². The number of carbonyl (C=O) groups is 2. The van der Waals surface area contributed by atoms with E-state index in [1.54, 1.807) is 24.3 Å². The van der Waals surface area contributed by atoms with Gasteiger partial charge in [-0.15, -0.1) is 0 Å². The van der Waals surface area contributed by atoms with Crippen molar-refractivity contribution in [3.8, 4) is 0 Å². The van der Waals surface area contributed by atoms with Crippen LogP contribution in [0.15, 0.2) is 35.3 Å². The van der Waals surface area contributed by atoms with E-state index < -0.39 is 17.4 Å². The average molecular weight is 354 g/mol. The Morgan fingerprint density at radius 1 is 1.27 bits per heavy atom. The number of aliphatic carboxylic acids is 1. The molecule has 1 aliphatic rings. The number of benzene rings is 1. The molecule has 1 aliphatic carbocycles. The van der Waals surface area contributed by atoms with Gasteiger partial charge >= 0.3 is 5.97 Å². The third-order valence-corrected chi connectivity index (χ3v) is 5.05. The summed E-state index contributed by atoms with van der Waals surface area (Å²) in [6.45, 7) is 0. The highest BCUT2D eigenvalue weighted by molar-refractivity contribution is 6.01. The second-order valence-electron chi connectivity index (χ2n) is 6.80. The number of H-pyrrole nitrogens is 1. The number of para-hydroxylation sites is 1. The van der Waals surface area contributed by atoms with E-state index in [1.807, 2.05) is 0 Å². The molecule has 1 fully saturated rings. The van der Waals surface area contributed by atoms with Crippen molar-refractivity contribution < 1.29 is 14.7 Å². The Labute approximate surface area is 147 Å². The van der Waals surface area contributed by atoms with Crippen LogP contribution in [0.2, 0.25) is 0 Å². The summed E-state index contributed by atoms with van der Waals surface area (Å²) < 4.78 is 1.52. The number of aromatic amines is 1. The van der Waals surface area contributed by atoms with Gasteiger partial charge in [-0.25, -0.2) is 4.52 Å². The molecule has 0 spiro atoms. The fourth-order valence-corrected chi connectivity index (χ4v) is 3.84. The third-order valence-electron chi connectivity index (χ3n) is 5.05. The zero-order valence-corrected chi connectivity index (χ0v) is 14.0. The zero-order valence-electron chi connectivity index (χ0n) is 14.0. The van der Waals surface area contributed by atoms with Crippen molar-refractivity contribution in [2.45, 2.75) is 37.6 Å². The molecule has 0 radical (unpaired) electrons. The summed E-state index contributed by atoms with van der Waals surface area (Å²) >= 11 is 0. The van der Waals surface area contributed by atoms with E-state index in [1.165, 1.54) is 10.7 Å². The maximum absolute atomic E-state index is 12.8. The Kier molecular flexibility index (Phi) is 3.75. The van der Waals surface area contributed by atoms with Crippen molar-refractivity contribution in [1.82, 2.24) is 19.9 Å². The fraction of sp³-hybridized carbons (Fsp3) is 0.333. The number of carboxylic acids is 1. The Bertz CT molecular complexity index is 1080. The highest BCUT2D eigenvalue weighted by Gasteiger charge is 2.38. The maximum Gasteiger partial charge on any atom is 0.305 e. The fourth-order valence-electron chi connectivity index (χ4n) is 3.84. The SMILES string of the molecule is O=C(O)CC1(NC(=O)c2cnn3c2[nH]c(=O)c2ccccc23)CCCC1. The Hall–Kier alpha value is -3.16. The number of carbonyl (C=O) groups excluding carboxylic acids is 1. The van der Waals surface area contributed by atoms with Gasteiger partial charge in [-0.3, -0.25) is 14.4 Å². The average Bonchev–Trinajstić information content (AvgIpc) is 3.22. The summed E-state index contributed by atoms with van der Waals surface area (Å²) in [5.41, 5.74) is 0.0864. The predicted molar refractivity (Wildman–Crippen MR) is 94.2 cm³/mol. The first-order chi connectivity index (χ1) is 12.5. The lowest BCUT2D eigenvalue weighted by Gasteiger charge is -2.28. The largest absolute Gasteiger partial charge is 0.481 e. The molecule has 134 valence electrons. The summed E-state index contributed by atoms with van der Waals surface area (Å²) in [5, 5.41) is 16.8. The third kappa shape index (κ3) is 2.63. The lowest BCUT2D eigenvalue weighted by molar-refractivity contribution is -0.138. The number of rotatable bonds is 4. The van der Waals surface area contributed by atoms with Gasteiger partial charge < -0.3 is 15.4 Å². The molecule has 1 aromatic carbocycles. The topological polar surface area (TPSA) is 117 Å². The van der Waals surface area contributed by atoms with E-state index in [0.717, 1.165) is 12.8 Å². The Morgan fingerprint density at radius 3 is 2.73 bits per heavy atom. The van der Waals surface area contributed by atoms with Gasteiger partial charge in [0.25, 0.3) is 11.5 Å². The lowest BCUT2D eigenvalue weighted by Crippen LogP contribution is -2.47. The molecule has 2 aromatic heterocycles. The molecule has 0 atom stereocenters. The van der Waals surface area contributed by atoms with Gasteiger partial charge in [0.1, 0.15) is 11.2 Å². The van der Waals surface area contributed by atoms with Gasteiger partial charge in [0, 0.05) is 0 Å². The highest BCUT2D eigenvalue weighted by atomic mass is 16.4. The first-order valence-electron chi connectivity index (χ1n) is 8.52. The summed E-state index contributed by atoms with van der Waals surface area (Å²) in [6, 6.07) is 7.00. The van der Waals surface area contributed by atoms with Gasteiger partial charge in [-0.2, -0.15) is 5.10 Å². The van der Waals surface area contributed by atoms with Crippen molar-refractivity contribution in [3.05, 3.63) is 46.4 Å². The van der Waals surface area contributed by atoms with E-state index >= 15 is 0 Å². The van der Waals surface area contributed by atoms with Crippen LogP contribution in [-0.4, -0.2) is 37.1 Å². The van der Waals surface area contributed by atoms with Crippen molar-refractivity contribution >= 4 is 28.4 Å². The van der Waals surface area contributed by atoms with Gasteiger partial charge in [0.2, 0.25) is 0 Å². The van der Waals surface area contributed by atoms with Crippen molar-refractivity contribution in [3.63, 3.8) is 0 Å². The molecular formula is C18H18N4O4.